The molecule has 6 fully saturated rings. The molecule has 6 rings (SSSR count). The predicted molar refractivity (Wildman–Crippen MR) is 183 cm³/mol. The maximum Gasteiger partial charge on any atom is 0.310 e. The highest BCUT2D eigenvalue weighted by Crippen LogP contribution is 2.37. The van der Waals surface area contributed by atoms with Crippen molar-refractivity contribution in [3.05, 3.63) is 0 Å². The average Bonchev–Trinajstić information content (AvgIpc) is 3.98. The van der Waals surface area contributed by atoms with E-state index < -0.39 is 0 Å². The first-order chi connectivity index (χ1) is 23.6. The predicted octanol–water partition coefficient (Wildman–Crippen LogP) is 4.07. The summed E-state index contributed by atoms with van der Waals surface area (Å²) < 4.78 is 11.2. The third kappa shape index (κ3) is 10.2. The summed E-state index contributed by atoms with van der Waals surface area (Å²) in [6.45, 7) is 4.46. The van der Waals surface area contributed by atoms with Gasteiger partial charge in [-0.25, -0.2) is 0 Å². The largest absolute Gasteiger partial charge is 0.465 e. The lowest BCUT2D eigenvalue weighted by Crippen LogP contribution is -2.56. The number of carbonyl (C=O) groups is 1. The van der Waals surface area contributed by atoms with E-state index in [-0.39, 0.29) is 35.6 Å². The molecular formula is C39H56N6O3. The zero-order chi connectivity index (χ0) is 33.1. The molecule has 0 aromatic rings. The normalized spacial score (nSPS) is 39.6. The van der Waals surface area contributed by atoms with Gasteiger partial charge in [-0.15, -0.1) is 0 Å². The highest BCUT2D eigenvalue weighted by atomic mass is 16.6. The molecule has 0 bridgehead atoms. The monoisotopic (exact) mass is 656 g/mol. The molecule has 3 saturated heterocycles. The van der Waals surface area contributed by atoms with Crippen molar-refractivity contribution in [3.63, 3.8) is 0 Å². The van der Waals surface area contributed by atoms with E-state index in [2.05, 4.69) is 57.1 Å². The van der Waals surface area contributed by atoms with Gasteiger partial charge < -0.3 is 30.7 Å². The Morgan fingerprint density at radius 1 is 0.646 bits per heavy atom. The third-order valence-electron chi connectivity index (χ3n) is 11.9. The summed E-state index contributed by atoms with van der Waals surface area (Å²) in [5.74, 6) is 16.6. The van der Waals surface area contributed by atoms with Gasteiger partial charge in [0.25, 0.3) is 0 Å². The van der Waals surface area contributed by atoms with Crippen LogP contribution in [0, 0.1) is 99.6 Å². The Labute approximate surface area is 288 Å². The molecule has 9 heteroatoms. The van der Waals surface area contributed by atoms with E-state index in [9.17, 15) is 15.3 Å². The molecule has 4 atom stereocenters. The van der Waals surface area contributed by atoms with Crippen molar-refractivity contribution >= 4 is 5.97 Å². The second kappa shape index (κ2) is 17.9. The number of carbonyl (C=O) groups excluding carboxylic acids is 1. The van der Waals surface area contributed by atoms with Gasteiger partial charge in [0.15, 0.2) is 0 Å². The molecule has 3 heterocycles. The molecule has 260 valence electrons. The Morgan fingerprint density at radius 3 is 1.67 bits per heavy atom. The quantitative estimate of drug-likeness (QED) is 0.132. The number of hydrogen-bond donors (Lipinski definition) is 4. The molecule has 0 aromatic carbocycles. The van der Waals surface area contributed by atoms with Gasteiger partial charge >= 0.3 is 5.97 Å². The minimum absolute atomic E-state index is 0.0456. The molecule has 0 radical (unpaired) electrons. The molecule has 4 N–H and O–H groups in total. The van der Waals surface area contributed by atoms with Crippen molar-refractivity contribution in [1.82, 2.24) is 21.3 Å². The van der Waals surface area contributed by atoms with E-state index in [0.717, 1.165) is 123 Å². The number of nitrogens with zero attached hydrogens (tertiary/aromatic N) is 2. The van der Waals surface area contributed by atoms with Crippen LogP contribution in [0.15, 0.2) is 0 Å². The fourth-order valence-electron chi connectivity index (χ4n) is 8.59. The first kappa shape index (κ1) is 35.2. The number of ether oxygens (including phenoxy) is 2. The fourth-order valence-corrected chi connectivity index (χ4v) is 8.59. The molecule has 0 aromatic heterocycles. The minimum Gasteiger partial charge on any atom is -0.465 e. The van der Waals surface area contributed by atoms with E-state index in [1.165, 1.54) is 0 Å². The van der Waals surface area contributed by atoms with Crippen LogP contribution in [0.1, 0.15) is 89.9 Å². The Kier molecular flexibility index (Phi) is 13.1. The smallest absolute Gasteiger partial charge is 0.310 e. The van der Waals surface area contributed by atoms with Crippen LogP contribution < -0.4 is 21.3 Å². The molecule has 3 saturated carbocycles. The number of rotatable bonds is 8. The van der Waals surface area contributed by atoms with Gasteiger partial charge in [-0.2, -0.15) is 10.5 Å². The van der Waals surface area contributed by atoms with Crippen LogP contribution in [0.3, 0.4) is 0 Å². The lowest BCUT2D eigenvalue weighted by molar-refractivity contribution is -0.151. The number of esters is 1. The summed E-state index contributed by atoms with van der Waals surface area (Å²) in [5, 5.41) is 32.5. The summed E-state index contributed by atoms with van der Waals surface area (Å²) in [6.07, 6.45) is 15.7. The first-order valence-electron chi connectivity index (χ1n) is 19.1. The summed E-state index contributed by atoms with van der Waals surface area (Å²) in [4.78, 5) is 13.5. The van der Waals surface area contributed by atoms with E-state index in [1.54, 1.807) is 0 Å². The molecule has 0 amide bonds. The van der Waals surface area contributed by atoms with Crippen LogP contribution in [0.5, 0.6) is 0 Å². The number of epoxide rings is 1. The van der Waals surface area contributed by atoms with Crippen LogP contribution in [0.4, 0.5) is 0 Å². The van der Waals surface area contributed by atoms with Gasteiger partial charge in [-0.3, -0.25) is 4.79 Å². The van der Waals surface area contributed by atoms with Crippen molar-refractivity contribution in [2.45, 2.75) is 108 Å². The van der Waals surface area contributed by atoms with Crippen molar-refractivity contribution < 1.29 is 14.3 Å². The minimum atomic E-state index is -0.200. The second-order valence-corrected chi connectivity index (χ2v) is 15.4. The second-order valence-electron chi connectivity index (χ2n) is 15.4. The van der Waals surface area contributed by atoms with Crippen molar-refractivity contribution in [2.24, 2.45) is 53.3 Å². The van der Waals surface area contributed by atoms with Crippen LogP contribution >= 0.6 is 0 Å². The molecule has 3 aliphatic heterocycles. The van der Waals surface area contributed by atoms with Crippen molar-refractivity contribution in [1.29, 1.82) is 10.5 Å². The van der Waals surface area contributed by atoms with Crippen LogP contribution in [0.25, 0.3) is 0 Å². The Bertz CT molecular complexity index is 1250. The van der Waals surface area contributed by atoms with Crippen LogP contribution in [-0.4, -0.2) is 63.8 Å². The lowest BCUT2D eigenvalue weighted by Gasteiger charge is -2.37. The fraction of sp³-hybridized carbons (Fsp3) is 0.821. The van der Waals surface area contributed by atoms with E-state index in [0.29, 0.717) is 48.7 Å². The van der Waals surface area contributed by atoms with E-state index in [1.807, 2.05) is 0 Å². The molecule has 9 nitrogen and oxygen atoms in total. The zero-order valence-electron chi connectivity index (χ0n) is 28.7. The van der Waals surface area contributed by atoms with Crippen LogP contribution in [-0.2, 0) is 14.3 Å². The summed E-state index contributed by atoms with van der Waals surface area (Å²) >= 11 is 0. The van der Waals surface area contributed by atoms with Gasteiger partial charge in [-0.1, -0.05) is 23.7 Å². The standard InChI is InChI=1S/C39H56N6O3/c40-20-30-22-42-37(43-23-30)33-14-7-27(8-15-33)4-5-29-11-13-32(36(19-29)39(46)47-18-2-1-3-35-26-48-35)12-6-28-9-16-34(17-10-28)38-44-24-31(21-41)25-45-38/h27-38,42-45H,1-3,7-11,13-19,22-26H2. The Morgan fingerprint density at radius 2 is 1.15 bits per heavy atom. The average molecular weight is 657 g/mol. The Hall–Kier alpha value is -2.63. The summed E-state index contributed by atoms with van der Waals surface area (Å²) in [6, 6.07) is 4.71. The molecular weight excluding hydrogens is 600 g/mol. The molecule has 4 unspecified atom stereocenters. The summed E-state index contributed by atoms with van der Waals surface area (Å²) in [7, 11) is 0. The van der Waals surface area contributed by atoms with Gasteiger partial charge in [-0.05, 0) is 102 Å². The van der Waals surface area contributed by atoms with E-state index in [4.69, 9.17) is 9.47 Å². The summed E-state index contributed by atoms with van der Waals surface area (Å²) in [5.41, 5.74) is 0. The molecule has 48 heavy (non-hydrogen) atoms. The highest BCUT2D eigenvalue weighted by Gasteiger charge is 2.36. The van der Waals surface area contributed by atoms with Crippen LogP contribution in [0.2, 0.25) is 0 Å². The van der Waals surface area contributed by atoms with Crippen molar-refractivity contribution in [2.75, 3.05) is 39.4 Å². The number of nitrogens with one attached hydrogen (secondary N) is 4. The van der Waals surface area contributed by atoms with Gasteiger partial charge in [0.1, 0.15) is 0 Å². The first-order valence-corrected chi connectivity index (χ1v) is 19.1. The zero-order valence-corrected chi connectivity index (χ0v) is 28.7. The molecule has 6 aliphatic rings. The SMILES string of the molecule is N#CC1CNC(C2CCC(C#CC3CCC(C#CC4CCC(C5NCC(C#N)CN5)CC4)C(C(=O)OCCCCC4CO4)C3)CC2)NC1. The van der Waals surface area contributed by atoms with Gasteiger partial charge in [0.05, 0.1) is 61.5 Å². The number of hydrogen-bond acceptors (Lipinski definition) is 9. The highest BCUT2D eigenvalue weighted by molar-refractivity contribution is 5.73. The Balaban J connectivity index is 0.987. The maximum absolute atomic E-state index is 13.5. The van der Waals surface area contributed by atoms with Gasteiger partial charge in [0, 0.05) is 49.9 Å². The number of unbranched alkanes of at least 4 members (excludes halogenated alkanes) is 1. The topological polar surface area (TPSA) is 135 Å². The van der Waals surface area contributed by atoms with Gasteiger partial charge in [0.2, 0.25) is 0 Å². The lowest BCUT2D eigenvalue weighted by atomic mass is 9.73. The third-order valence-corrected chi connectivity index (χ3v) is 11.9. The molecule has 0 spiro atoms. The molecule has 3 aliphatic carbocycles. The van der Waals surface area contributed by atoms with Crippen molar-refractivity contribution in [3.8, 4) is 35.8 Å². The maximum atomic E-state index is 13.5. The number of nitriles is 2. The van der Waals surface area contributed by atoms with E-state index >= 15 is 0 Å².